The fraction of sp³-hybridized carbons (Fsp3) is 0.214. The molecule has 0 amide bonds. The molecule has 0 aliphatic heterocycles. The van der Waals surface area contributed by atoms with Gasteiger partial charge in [-0.05, 0) is 42.4 Å². The van der Waals surface area contributed by atoms with E-state index in [1.807, 2.05) is 36.4 Å². The van der Waals surface area contributed by atoms with Gasteiger partial charge in [0, 0.05) is 24.3 Å². The Morgan fingerprint density at radius 1 is 1.16 bits per heavy atom. The van der Waals surface area contributed by atoms with Crippen LogP contribution in [0.25, 0.3) is 0 Å². The van der Waals surface area contributed by atoms with Crippen LogP contribution in [0.15, 0.2) is 42.6 Å². The van der Waals surface area contributed by atoms with E-state index < -0.39 is 0 Å². The van der Waals surface area contributed by atoms with Gasteiger partial charge in [0.2, 0.25) is 0 Å². The number of nitrogens with two attached hydrogens (primary N) is 1. The highest BCUT2D eigenvalue weighted by atomic mass is 35.5. The molecule has 0 bridgehead atoms. The molecule has 0 unspecified atom stereocenters. The second kappa shape index (κ2) is 6.52. The first-order valence-electron chi connectivity index (χ1n) is 6.02. The van der Waals surface area contributed by atoms with E-state index in [2.05, 4.69) is 22.4 Å². The number of pyridine rings is 1. The Balaban J connectivity index is 1.96. The molecular weight excluding hydrogens is 260 g/mol. The molecule has 2 rings (SSSR count). The maximum atomic E-state index is 5.87. The standard InChI is InChI=1S/C14H17ClN4/c1-19(9-11-2-4-13(15)5-3-11)10-12-6-7-17-14(8-12)18-16/h2-8H,9-10,16H2,1H3,(H,17,18). The van der Waals surface area contributed by atoms with Crippen molar-refractivity contribution in [3.8, 4) is 0 Å². The van der Waals surface area contributed by atoms with E-state index in [0.29, 0.717) is 5.82 Å². The summed E-state index contributed by atoms with van der Waals surface area (Å²) in [5, 5.41) is 0.763. The molecule has 0 aliphatic carbocycles. The Morgan fingerprint density at radius 2 is 1.84 bits per heavy atom. The van der Waals surface area contributed by atoms with E-state index in [-0.39, 0.29) is 0 Å². The predicted octanol–water partition coefficient (Wildman–Crippen LogP) is 2.65. The van der Waals surface area contributed by atoms with Crippen molar-refractivity contribution in [2.24, 2.45) is 5.84 Å². The van der Waals surface area contributed by atoms with E-state index in [1.54, 1.807) is 6.20 Å². The molecule has 0 saturated carbocycles. The molecule has 0 aliphatic rings. The minimum absolute atomic E-state index is 0.678. The third-order valence-electron chi connectivity index (χ3n) is 2.79. The monoisotopic (exact) mass is 276 g/mol. The van der Waals surface area contributed by atoms with Crippen LogP contribution in [0.3, 0.4) is 0 Å². The smallest absolute Gasteiger partial charge is 0.140 e. The van der Waals surface area contributed by atoms with Gasteiger partial charge in [-0.15, -0.1) is 0 Å². The maximum Gasteiger partial charge on any atom is 0.140 e. The van der Waals surface area contributed by atoms with E-state index >= 15 is 0 Å². The van der Waals surface area contributed by atoms with Crippen molar-refractivity contribution in [1.29, 1.82) is 0 Å². The van der Waals surface area contributed by atoms with Crippen molar-refractivity contribution < 1.29 is 0 Å². The summed E-state index contributed by atoms with van der Waals surface area (Å²) < 4.78 is 0. The summed E-state index contributed by atoms with van der Waals surface area (Å²) in [7, 11) is 2.07. The molecular formula is C14H17ClN4. The summed E-state index contributed by atoms with van der Waals surface area (Å²) in [5.41, 5.74) is 4.95. The highest BCUT2D eigenvalue weighted by molar-refractivity contribution is 6.30. The van der Waals surface area contributed by atoms with E-state index in [9.17, 15) is 0 Å². The highest BCUT2D eigenvalue weighted by Crippen LogP contribution is 2.13. The summed E-state index contributed by atoms with van der Waals surface area (Å²) in [4.78, 5) is 6.31. The van der Waals surface area contributed by atoms with Gasteiger partial charge in [-0.2, -0.15) is 0 Å². The van der Waals surface area contributed by atoms with Crippen molar-refractivity contribution >= 4 is 17.4 Å². The predicted molar refractivity (Wildman–Crippen MR) is 78.7 cm³/mol. The van der Waals surface area contributed by atoms with Gasteiger partial charge in [0.15, 0.2) is 0 Å². The quantitative estimate of drug-likeness (QED) is 0.651. The number of hydrogen-bond donors (Lipinski definition) is 2. The average molecular weight is 277 g/mol. The van der Waals surface area contributed by atoms with Gasteiger partial charge in [0.1, 0.15) is 5.82 Å². The first-order valence-corrected chi connectivity index (χ1v) is 6.39. The molecule has 0 spiro atoms. The number of benzene rings is 1. The van der Waals surface area contributed by atoms with Gasteiger partial charge < -0.3 is 5.43 Å². The molecule has 0 saturated heterocycles. The number of nitrogen functional groups attached to an aromatic ring is 1. The molecule has 0 atom stereocenters. The largest absolute Gasteiger partial charge is 0.308 e. The van der Waals surface area contributed by atoms with E-state index in [1.165, 1.54) is 11.1 Å². The SMILES string of the molecule is CN(Cc1ccc(Cl)cc1)Cc1ccnc(NN)c1. The topological polar surface area (TPSA) is 54.2 Å². The fourth-order valence-corrected chi connectivity index (χ4v) is 2.05. The normalized spacial score (nSPS) is 10.7. The van der Waals surface area contributed by atoms with E-state index in [4.69, 9.17) is 17.4 Å². The molecule has 0 fully saturated rings. The fourth-order valence-electron chi connectivity index (χ4n) is 1.92. The van der Waals surface area contributed by atoms with Crippen LogP contribution in [0.1, 0.15) is 11.1 Å². The first-order chi connectivity index (χ1) is 9.17. The zero-order valence-corrected chi connectivity index (χ0v) is 11.6. The molecule has 1 heterocycles. The van der Waals surface area contributed by atoms with Crippen LogP contribution in [-0.2, 0) is 13.1 Å². The van der Waals surface area contributed by atoms with Crippen LogP contribution >= 0.6 is 11.6 Å². The van der Waals surface area contributed by atoms with Crippen molar-refractivity contribution in [2.45, 2.75) is 13.1 Å². The summed E-state index contributed by atoms with van der Waals surface area (Å²) in [6, 6.07) is 11.8. The molecule has 4 nitrogen and oxygen atoms in total. The number of aromatic nitrogens is 1. The molecule has 1 aromatic carbocycles. The Labute approximate surface area is 118 Å². The Bertz CT molecular complexity index is 527. The van der Waals surface area contributed by atoms with Gasteiger partial charge >= 0.3 is 0 Å². The van der Waals surface area contributed by atoms with Crippen LogP contribution in [0.5, 0.6) is 0 Å². The van der Waals surface area contributed by atoms with Crippen molar-refractivity contribution in [3.63, 3.8) is 0 Å². The zero-order valence-electron chi connectivity index (χ0n) is 10.8. The van der Waals surface area contributed by atoms with Gasteiger partial charge in [0.25, 0.3) is 0 Å². The lowest BCUT2D eigenvalue weighted by atomic mass is 10.2. The van der Waals surface area contributed by atoms with Crippen molar-refractivity contribution in [1.82, 2.24) is 9.88 Å². The number of hydrogen-bond acceptors (Lipinski definition) is 4. The molecule has 5 heteroatoms. The third kappa shape index (κ3) is 4.21. The van der Waals surface area contributed by atoms with Gasteiger partial charge in [0.05, 0.1) is 0 Å². The van der Waals surface area contributed by atoms with Gasteiger partial charge in [-0.3, -0.25) is 4.90 Å². The van der Waals surface area contributed by atoms with Crippen LogP contribution in [0.2, 0.25) is 5.02 Å². The summed E-state index contributed by atoms with van der Waals surface area (Å²) in [5.74, 6) is 6.03. The number of nitrogens with one attached hydrogen (secondary N) is 1. The zero-order chi connectivity index (χ0) is 13.7. The van der Waals surface area contributed by atoms with Crippen molar-refractivity contribution in [2.75, 3.05) is 12.5 Å². The molecule has 100 valence electrons. The second-order valence-corrected chi connectivity index (χ2v) is 4.93. The highest BCUT2D eigenvalue weighted by Gasteiger charge is 2.03. The van der Waals surface area contributed by atoms with Crippen LogP contribution in [0, 0.1) is 0 Å². The minimum atomic E-state index is 0.678. The third-order valence-corrected chi connectivity index (χ3v) is 3.04. The summed E-state index contributed by atoms with van der Waals surface area (Å²) in [6.45, 7) is 1.70. The Hall–Kier alpha value is -1.62. The number of halogens is 1. The molecule has 0 radical (unpaired) electrons. The number of nitrogens with zero attached hydrogens (tertiary/aromatic N) is 2. The Kier molecular flexibility index (Phi) is 4.74. The summed E-state index contributed by atoms with van der Waals surface area (Å²) in [6.07, 6.45) is 1.75. The number of hydrazine groups is 1. The van der Waals surface area contributed by atoms with Crippen LogP contribution < -0.4 is 11.3 Å². The van der Waals surface area contributed by atoms with Crippen molar-refractivity contribution in [3.05, 3.63) is 58.7 Å². The van der Waals surface area contributed by atoms with Crippen LogP contribution in [0.4, 0.5) is 5.82 Å². The number of rotatable bonds is 5. The Morgan fingerprint density at radius 3 is 2.53 bits per heavy atom. The minimum Gasteiger partial charge on any atom is -0.308 e. The second-order valence-electron chi connectivity index (χ2n) is 4.49. The number of anilines is 1. The first kappa shape index (κ1) is 13.8. The molecule has 19 heavy (non-hydrogen) atoms. The lowest BCUT2D eigenvalue weighted by Crippen LogP contribution is -2.17. The molecule has 3 N–H and O–H groups in total. The van der Waals surface area contributed by atoms with Gasteiger partial charge in [-0.1, -0.05) is 23.7 Å². The van der Waals surface area contributed by atoms with Crippen LogP contribution in [-0.4, -0.2) is 16.9 Å². The maximum absolute atomic E-state index is 5.87. The summed E-state index contributed by atoms with van der Waals surface area (Å²) >= 11 is 5.87. The lowest BCUT2D eigenvalue weighted by molar-refractivity contribution is 0.319. The van der Waals surface area contributed by atoms with Gasteiger partial charge in [-0.25, -0.2) is 10.8 Å². The average Bonchev–Trinajstić information content (AvgIpc) is 2.41. The van der Waals surface area contributed by atoms with E-state index in [0.717, 1.165) is 18.1 Å². The molecule has 1 aromatic heterocycles. The lowest BCUT2D eigenvalue weighted by Gasteiger charge is -2.17. The molecule has 2 aromatic rings.